The van der Waals surface area contributed by atoms with E-state index in [4.69, 9.17) is 9.47 Å². The second kappa shape index (κ2) is 5.03. The fraction of sp³-hybridized carbons (Fsp3) is 0.500. The first-order valence-corrected chi connectivity index (χ1v) is 4.98. The molecule has 3 heteroatoms. The maximum absolute atomic E-state index is 9.38. The summed E-state index contributed by atoms with van der Waals surface area (Å²) in [6.07, 6.45) is 0.187. The SMILES string of the molecule is COc1cc(C)c(OC)c(CC(C)O)c1. The van der Waals surface area contributed by atoms with Gasteiger partial charge in [-0.15, -0.1) is 0 Å². The Bertz CT molecular complexity index is 332. The third-order valence-corrected chi connectivity index (χ3v) is 2.28. The Labute approximate surface area is 90.6 Å². The highest BCUT2D eigenvalue weighted by Crippen LogP contribution is 2.29. The fourth-order valence-corrected chi connectivity index (χ4v) is 1.69. The molecule has 0 heterocycles. The molecular formula is C12H18O3. The zero-order chi connectivity index (χ0) is 11.4. The number of hydrogen-bond donors (Lipinski definition) is 1. The number of rotatable bonds is 4. The van der Waals surface area contributed by atoms with Crippen LogP contribution in [0.25, 0.3) is 0 Å². The van der Waals surface area contributed by atoms with Gasteiger partial charge in [-0.3, -0.25) is 0 Å². The van der Waals surface area contributed by atoms with Crippen LogP contribution in [0, 0.1) is 6.92 Å². The lowest BCUT2D eigenvalue weighted by Gasteiger charge is -2.14. The van der Waals surface area contributed by atoms with Crippen molar-refractivity contribution in [1.29, 1.82) is 0 Å². The Hall–Kier alpha value is -1.22. The molecule has 1 atom stereocenters. The van der Waals surface area contributed by atoms with Gasteiger partial charge < -0.3 is 14.6 Å². The first kappa shape index (κ1) is 11.9. The molecule has 0 fully saturated rings. The molecule has 1 unspecified atom stereocenters. The molecule has 1 aromatic carbocycles. The molecular weight excluding hydrogens is 192 g/mol. The van der Waals surface area contributed by atoms with Gasteiger partial charge in [0.1, 0.15) is 11.5 Å². The predicted molar refractivity (Wildman–Crippen MR) is 59.7 cm³/mol. The number of methoxy groups -OCH3 is 2. The molecule has 1 N–H and O–H groups in total. The van der Waals surface area contributed by atoms with Gasteiger partial charge in [-0.2, -0.15) is 0 Å². The Morgan fingerprint density at radius 2 is 1.93 bits per heavy atom. The normalized spacial score (nSPS) is 12.3. The van der Waals surface area contributed by atoms with E-state index in [1.54, 1.807) is 21.1 Å². The molecule has 1 rings (SSSR count). The Morgan fingerprint density at radius 3 is 2.40 bits per heavy atom. The molecule has 15 heavy (non-hydrogen) atoms. The molecule has 1 aromatic rings. The molecule has 3 nitrogen and oxygen atoms in total. The van der Waals surface area contributed by atoms with Crippen LogP contribution in [-0.2, 0) is 6.42 Å². The first-order valence-electron chi connectivity index (χ1n) is 4.98. The van der Waals surface area contributed by atoms with Crippen molar-refractivity contribution in [3.63, 3.8) is 0 Å². The minimum absolute atomic E-state index is 0.384. The minimum atomic E-state index is -0.384. The third kappa shape index (κ3) is 2.86. The standard InChI is InChI=1S/C12H18O3/c1-8-5-11(14-3)7-10(6-9(2)13)12(8)15-4/h5,7,9,13H,6H2,1-4H3. The van der Waals surface area contributed by atoms with Gasteiger partial charge in [-0.1, -0.05) is 0 Å². The molecule has 0 aliphatic carbocycles. The van der Waals surface area contributed by atoms with Crippen molar-refractivity contribution < 1.29 is 14.6 Å². The summed E-state index contributed by atoms with van der Waals surface area (Å²) in [5.41, 5.74) is 2.00. The molecule has 84 valence electrons. The van der Waals surface area contributed by atoms with Crippen molar-refractivity contribution in [3.05, 3.63) is 23.3 Å². The molecule has 0 bridgehead atoms. The van der Waals surface area contributed by atoms with Gasteiger partial charge in [0.05, 0.1) is 20.3 Å². The van der Waals surface area contributed by atoms with E-state index in [1.807, 2.05) is 19.1 Å². The Balaban J connectivity index is 3.13. The van der Waals surface area contributed by atoms with E-state index in [9.17, 15) is 5.11 Å². The monoisotopic (exact) mass is 210 g/mol. The molecule has 0 saturated heterocycles. The molecule has 0 radical (unpaired) electrons. The first-order chi connectivity index (χ1) is 7.08. The topological polar surface area (TPSA) is 38.7 Å². The van der Waals surface area contributed by atoms with E-state index >= 15 is 0 Å². The summed E-state index contributed by atoms with van der Waals surface area (Å²) in [5, 5.41) is 9.38. The summed E-state index contributed by atoms with van der Waals surface area (Å²) in [7, 11) is 3.27. The van der Waals surface area contributed by atoms with Gasteiger partial charge in [0.2, 0.25) is 0 Å². The van der Waals surface area contributed by atoms with Gasteiger partial charge in [0, 0.05) is 12.0 Å². The smallest absolute Gasteiger partial charge is 0.125 e. The lowest BCUT2D eigenvalue weighted by atomic mass is 10.0. The van der Waals surface area contributed by atoms with Gasteiger partial charge in [-0.25, -0.2) is 0 Å². The van der Waals surface area contributed by atoms with Crippen molar-refractivity contribution in [2.75, 3.05) is 14.2 Å². The van der Waals surface area contributed by atoms with E-state index in [-0.39, 0.29) is 6.10 Å². The van der Waals surface area contributed by atoms with Crippen LogP contribution in [0.4, 0.5) is 0 Å². The van der Waals surface area contributed by atoms with Crippen molar-refractivity contribution >= 4 is 0 Å². The van der Waals surface area contributed by atoms with Crippen molar-refractivity contribution in [2.45, 2.75) is 26.4 Å². The van der Waals surface area contributed by atoms with Crippen LogP contribution >= 0.6 is 0 Å². The van der Waals surface area contributed by atoms with E-state index in [2.05, 4.69) is 0 Å². The van der Waals surface area contributed by atoms with E-state index in [0.29, 0.717) is 6.42 Å². The van der Waals surface area contributed by atoms with E-state index < -0.39 is 0 Å². The van der Waals surface area contributed by atoms with Crippen molar-refractivity contribution in [3.8, 4) is 11.5 Å². The second-order valence-electron chi connectivity index (χ2n) is 3.69. The van der Waals surface area contributed by atoms with Gasteiger partial charge in [0.25, 0.3) is 0 Å². The van der Waals surface area contributed by atoms with E-state index in [0.717, 1.165) is 22.6 Å². The number of benzene rings is 1. The summed E-state index contributed by atoms with van der Waals surface area (Å²) >= 11 is 0. The number of hydrogen-bond acceptors (Lipinski definition) is 3. The fourth-order valence-electron chi connectivity index (χ4n) is 1.69. The summed E-state index contributed by atoms with van der Waals surface area (Å²) in [5.74, 6) is 1.63. The predicted octanol–water partition coefficient (Wildman–Crippen LogP) is 1.94. The summed E-state index contributed by atoms with van der Waals surface area (Å²) in [6, 6.07) is 3.82. The maximum Gasteiger partial charge on any atom is 0.125 e. The van der Waals surface area contributed by atoms with Crippen LogP contribution in [0.3, 0.4) is 0 Å². The molecule has 0 aliphatic rings. The summed E-state index contributed by atoms with van der Waals surface area (Å²) in [6.45, 7) is 3.72. The highest BCUT2D eigenvalue weighted by Gasteiger charge is 2.11. The molecule has 0 saturated carbocycles. The average molecular weight is 210 g/mol. The zero-order valence-electron chi connectivity index (χ0n) is 9.70. The number of aliphatic hydroxyl groups excluding tert-OH is 1. The zero-order valence-corrected chi connectivity index (χ0v) is 9.70. The lowest BCUT2D eigenvalue weighted by molar-refractivity contribution is 0.194. The van der Waals surface area contributed by atoms with E-state index in [1.165, 1.54) is 0 Å². The summed E-state index contributed by atoms with van der Waals surface area (Å²) < 4.78 is 10.5. The quantitative estimate of drug-likeness (QED) is 0.825. The largest absolute Gasteiger partial charge is 0.497 e. The minimum Gasteiger partial charge on any atom is -0.497 e. The van der Waals surface area contributed by atoms with Crippen LogP contribution < -0.4 is 9.47 Å². The number of ether oxygens (including phenoxy) is 2. The van der Waals surface area contributed by atoms with Crippen LogP contribution in [0.5, 0.6) is 11.5 Å². The molecule has 0 amide bonds. The third-order valence-electron chi connectivity index (χ3n) is 2.28. The number of aryl methyl sites for hydroxylation is 1. The second-order valence-corrected chi connectivity index (χ2v) is 3.69. The van der Waals surface area contributed by atoms with Crippen LogP contribution in [0.15, 0.2) is 12.1 Å². The molecule has 0 aliphatic heterocycles. The van der Waals surface area contributed by atoms with Crippen molar-refractivity contribution in [2.24, 2.45) is 0 Å². The van der Waals surface area contributed by atoms with Crippen molar-refractivity contribution in [1.82, 2.24) is 0 Å². The Kier molecular flexibility index (Phi) is 3.97. The average Bonchev–Trinajstić information content (AvgIpc) is 2.16. The lowest BCUT2D eigenvalue weighted by Crippen LogP contribution is -2.06. The van der Waals surface area contributed by atoms with Crippen LogP contribution in [-0.4, -0.2) is 25.4 Å². The highest BCUT2D eigenvalue weighted by molar-refractivity contribution is 5.46. The molecule has 0 aromatic heterocycles. The highest BCUT2D eigenvalue weighted by atomic mass is 16.5. The number of aliphatic hydroxyl groups is 1. The molecule has 0 spiro atoms. The van der Waals surface area contributed by atoms with Crippen LogP contribution in [0.2, 0.25) is 0 Å². The van der Waals surface area contributed by atoms with Gasteiger partial charge >= 0.3 is 0 Å². The summed E-state index contributed by atoms with van der Waals surface area (Å²) in [4.78, 5) is 0. The van der Waals surface area contributed by atoms with Gasteiger partial charge in [-0.05, 0) is 31.5 Å². The Morgan fingerprint density at radius 1 is 1.27 bits per heavy atom. The maximum atomic E-state index is 9.38. The van der Waals surface area contributed by atoms with Gasteiger partial charge in [0.15, 0.2) is 0 Å². The van der Waals surface area contributed by atoms with Crippen LogP contribution in [0.1, 0.15) is 18.1 Å².